The average molecular weight is 386 g/mol. The second kappa shape index (κ2) is 8.08. The number of fused-ring (bicyclic) bond motifs is 1. The van der Waals surface area contributed by atoms with Crippen LogP contribution in [0.1, 0.15) is 56.1 Å². The third-order valence-corrected chi connectivity index (χ3v) is 4.84. The summed E-state index contributed by atoms with van der Waals surface area (Å²) in [5.41, 5.74) is 1.76. The van der Waals surface area contributed by atoms with Crippen LogP contribution in [-0.4, -0.2) is 46.4 Å². The Morgan fingerprint density at radius 2 is 2.04 bits per heavy atom. The molecule has 3 rings (SSSR count). The Balaban J connectivity index is 1.97. The minimum Gasteiger partial charge on any atom is -0.347 e. The first-order chi connectivity index (χ1) is 13.2. The van der Waals surface area contributed by atoms with Crippen molar-refractivity contribution in [1.29, 1.82) is 0 Å². The zero-order valence-electron chi connectivity index (χ0n) is 17.0. The van der Waals surface area contributed by atoms with Crippen molar-refractivity contribution >= 4 is 17.8 Å². The van der Waals surface area contributed by atoms with E-state index in [0.717, 1.165) is 11.1 Å². The molecule has 0 bridgehead atoms. The lowest BCUT2D eigenvalue weighted by atomic mass is 9.99. The number of benzene rings is 1. The number of nitrogens with zero attached hydrogens (tertiary/aromatic N) is 5. The van der Waals surface area contributed by atoms with Gasteiger partial charge in [-0.05, 0) is 29.7 Å². The highest BCUT2D eigenvalue weighted by atomic mass is 19.1. The van der Waals surface area contributed by atoms with Gasteiger partial charge in [0.15, 0.2) is 0 Å². The molecule has 8 heteroatoms. The lowest BCUT2D eigenvalue weighted by molar-refractivity contribution is -0.129. The number of hydrogen-bond donors (Lipinski definition) is 1. The lowest BCUT2D eigenvalue weighted by Gasteiger charge is -2.21. The molecule has 0 radical (unpaired) electrons. The average Bonchev–Trinajstić information content (AvgIpc) is 2.80. The molecular weight excluding hydrogens is 359 g/mol. The van der Waals surface area contributed by atoms with Gasteiger partial charge in [0.05, 0.1) is 6.04 Å². The van der Waals surface area contributed by atoms with E-state index in [0.29, 0.717) is 37.2 Å². The van der Waals surface area contributed by atoms with E-state index in [1.165, 1.54) is 19.1 Å². The first-order valence-electron chi connectivity index (χ1n) is 9.48. The molecule has 0 spiro atoms. The van der Waals surface area contributed by atoms with Crippen molar-refractivity contribution in [2.45, 2.75) is 45.7 Å². The number of anilines is 2. The molecule has 2 aromatic rings. The van der Waals surface area contributed by atoms with E-state index in [4.69, 9.17) is 0 Å². The number of amides is 1. The van der Waals surface area contributed by atoms with Crippen LogP contribution >= 0.6 is 0 Å². The van der Waals surface area contributed by atoms with Gasteiger partial charge in [0.1, 0.15) is 11.6 Å². The zero-order valence-corrected chi connectivity index (χ0v) is 17.0. The molecule has 150 valence electrons. The van der Waals surface area contributed by atoms with Crippen molar-refractivity contribution in [3.8, 4) is 0 Å². The SMILES string of the molecule is CC(=O)N1CCC(Nc2nc(C(C)C)nc(N(C)C)n2)c2ccc(F)cc2C1. The normalized spacial score (nSPS) is 16.5. The maximum atomic E-state index is 13.8. The number of carbonyl (C=O) groups is 1. The second-order valence-corrected chi connectivity index (χ2v) is 7.64. The van der Waals surface area contributed by atoms with Crippen LogP contribution in [0, 0.1) is 5.82 Å². The summed E-state index contributed by atoms with van der Waals surface area (Å²) >= 11 is 0. The van der Waals surface area contributed by atoms with Crippen LogP contribution in [0.4, 0.5) is 16.3 Å². The maximum absolute atomic E-state index is 13.8. The summed E-state index contributed by atoms with van der Waals surface area (Å²) in [5.74, 6) is 1.61. The van der Waals surface area contributed by atoms with E-state index in [1.54, 1.807) is 11.0 Å². The highest BCUT2D eigenvalue weighted by molar-refractivity contribution is 5.73. The van der Waals surface area contributed by atoms with Crippen molar-refractivity contribution in [3.05, 3.63) is 41.0 Å². The molecule has 1 unspecified atom stereocenters. The molecule has 1 aromatic carbocycles. The first-order valence-corrected chi connectivity index (χ1v) is 9.48. The van der Waals surface area contributed by atoms with Crippen LogP contribution in [-0.2, 0) is 11.3 Å². The quantitative estimate of drug-likeness (QED) is 0.870. The molecule has 0 fully saturated rings. The largest absolute Gasteiger partial charge is 0.347 e. The summed E-state index contributed by atoms with van der Waals surface area (Å²) in [6, 6.07) is 4.61. The van der Waals surface area contributed by atoms with Crippen LogP contribution < -0.4 is 10.2 Å². The molecule has 0 aliphatic carbocycles. The molecule has 1 aliphatic rings. The van der Waals surface area contributed by atoms with Gasteiger partial charge in [0.2, 0.25) is 17.8 Å². The summed E-state index contributed by atoms with van der Waals surface area (Å²) < 4.78 is 13.8. The van der Waals surface area contributed by atoms with Crippen LogP contribution in [0.15, 0.2) is 18.2 Å². The molecule has 1 aliphatic heterocycles. The van der Waals surface area contributed by atoms with Gasteiger partial charge in [-0.1, -0.05) is 19.9 Å². The van der Waals surface area contributed by atoms with E-state index in [1.807, 2.05) is 32.8 Å². The Kier molecular flexibility index (Phi) is 5.76. The minimum absolute atomic E-state index is 0.0204. The van der Waals surface area contributed by atoms with Crippen molar-refractivity contribution < 1.29 is 9.18 Å². The molecule has 0 saturated heterocycles. The predicted molar refractivity (Wildman–Crippen MR) is 107 cm³/mol. The molecule has 28 heavy (non-hydrogen) atoms. The molecule has 1 atom stereocenters. The molecule has 0 saturated carbocycles. The van der Waals surface area contributed by atoms with E-state index < -0.39 is 0 Å². The van der Waals surface area contributed by atoms with Gasteiger partial charge >= 0.3 is 0 Å². The topological polar surface area (TPSA) is 74.2 Å². The Morgan fingerprint density at radius 1 is 1.29 bits per heavy atom. The van der Waals surface area contributed by atoms with Crippen molar-refractivity contribution in [1.82, 2.24) is 19.9 Å². The van der Waals surface area contributed by atoms with E-state index in [-0.39, 0.29) is 23.7 Å². The highest BCUT2D eigenvalue weighted by Crippen LogP contribution is 2.30. The van der Waals surface area contributed by atoms with Gasteiger partial charge in [-0.25, -0.2) is 4.39 Å². The summed E-state index contributed by atoms with van der Waals surface area (Å²) in [6.07, 6.45) is 0.679. The molecule has 1 amide bonds. The third kappa shape index (κ3) is 4.37. The van der Waals surface area contributed by atoms with Crippen LogP contribution in [0.5, 0.6) is 0 Å². The summed E-state index contributed by atoms with van der Waals surface area (Å²) in [4.78, 5) is 29.1. The highest BCUT2D eigenvalue weighted by Gasteiger charge is 2.25. The molecule has 2 heterocycles. The number of hydrogen-bond acceptors (Lipinski definition) is 6. The maximum Gasteiger partial charge on any atom is 0.229 e. The molecule has 1 aromatic heterocycles. The number of halogens is 1. The number of rotatable bonds is 4. The monoisotopic (exact) mass is 386 g/mol. The first kappa shape index (κ1) is 20.0. The third-order valence-electron chi connectivity index (χ3n) is 4.84. The van der Waals surface area contributed by atoms with Crippen molar-refractivity contribution in [2.24, 2.45) is 0 Å². The predicted octanol–water partition coefficient (Wildman–Crippen LogP) is 3.11. The fraction of sp³-hybridized carbons (Fsp3) is 0.500. The molecular formula is C20H27FN6O. The van der Waals surface area contributed by atoms with Crippen LogP contribution in [0.3, 0.4) is 0 Å². The summed E-state index contributed by atoms with van der Waals surface area (Å²) in [7, 11) is 3.77. The van der Waals surface area contributed by atoms with Crippen molar-refractivity contribution in [2.75, 3.05) is 30.9 Å². The van der Waals surface area contributed by atoms with Gasteiger partial charge in [-0.2, -0.15) is 15.0 Å². The van der Waals surface area contributed by atoms with Crippen LogP contribution in [0.25, 0.3) is 0 Å². The van der Waals surface area contributed by atoms with E-state index in [9.17, 15) is 9.18 Å². The smallest absolute Gasteiger partial charge is 0.229 e. The number of nitrogens with one attached hydrogen (secondary N) is 1. The van der Waals surface area contributed by atoms with E-state index >= 15 is 0 Å². The number of carbonyl (C=O) groups excluding carboxylic acids is 1. The van der Waals surface area contributed by atoms with Crippen molar-refractivity contribution in [3.63, 3.8) is 0 Å². The fourth-order valence-electron chi connectivity index (χ4n) is 3.25. The summed E-state index contributed by atoms with van der Waals surface area (Å²) in [6.45, 7) is 6.58. The van der Waals surface area contributed by atoms with Gasteiger partial charge < -0.3 is 15.1 Å². The Hall–Kier alpha value is -2.77. The molecule has 7 nitrogen and oxygen atoms in total. The number of aromatic nitrogens is 3. The van der Waals surface area contributed by atoms with Gasteiger partial charge in [-0.15, -0.1) is 0 Å². The van der Waals surface area contributed by atoms with Gasteiger partial charge in [0.25, 0.3) is 0 Å². The Bertz CT molecular complexity index is 844. The van der Waals surface area contributed by atoms with Gasteiger partial charge in [0, 0.05) is 40.0 Å². The van der Waals surface area contributed by atoms with E-state index in [2.05, 4.69) is 20.3 Å². The Morgan fingerprint density at radius 3 is 2.68 bits per heavy atom. The lowest BCUT2D eigenvalue weighted by Crippen LogP contribution is -2.28. The van der Waals surface area contributed by atoms with Gasteiger partial charge in [-0.3, -0.25) is 4.79 Å². The van der Waals surface area contributed by atoms with Crippen LogP contribution in [0.2, 0.25) is 0 Å². The second-order valence-electron chi connectivity index (χ2n) is 7.64. The fourth-order valence-corrected chi connectivity index (χ4v) is 3.25. The Labute approximate surface area is 165 Å². The summed E-state index contributed by atoms with van der Waals surface area (Å²) in [5, 5.41) is 3.40. The molecule has 1 N–H and O–H groups in total. The zero-order chi connectivity index (χ0) is 20.4. The standard InChI is InChI=1S/C20H27FN6O/c1-12(2)18-23-19(25-20(24-18)26(4)5)22-17-8-9-27(13(3)28)11-14-10-15(21)6-7-16(14)17/h6-7,10,12,17H,8-9,11H2,1-5H3,(H,22,23,24,25). The minimum atomic E-state index is -0.306.